The monoisotopic (exact) mass is 369 g/mol. The molecule has 1 aromatic heterocycles. The van der Waals surface area contributed by atoms with Crippen molar-refractivity contribution in [2.45, 2.75) is 13.3 Å². The summed E-state index contributed by atoms with van der Waals surface area (Å²) in [7, 11) is 0. The molecule has 0 spiro atoms. The van der Waals surface area contributed by atoms with E-state index in [4.69, 9.17) is 0 Å². The second-order valence-corrected chi connectivity index (χ2v) is 6.59. The van der Waals surface area contributed by atoms with Gasteiger partial charge in [-0.3, -0.25) is 9.59 Å². The van der Waals surface area contributed by atoms with Gasteiger partial charge >= 0.3 is 0 Å². The highest BCUT2D eigenvalue weighted by molar-refractivity contribution is 7.13. The van der Waals surface area contributed by atoms with Crippen LogP contribution < -0.4 is 10.6 Å². The third-order valence-corrected chi connectivity index (χ3v) is 4.69. The summed E-state index contributed by atoms with van der Waals surface area (Å²) in [6.07, 6.45) is 2.31. The number of carbonyl (C=O) groups is 2. The van der Waals surface area contributed by atoms with E-state index in [0.717, 1.165) is 11.4 Å². The number of carbonyl (C=O) groups excluding carboxylic acids is 2. The Hall–Kier alpha value is -3.06. The lowest BCUT2D eigenvalue weighted by Crippen LogP contribution is -2.14. The van der Waals surface area contributed by atoms with Gasteiger partial charge in [0.15, 0.2) is 0 Å². The largest absolute Gasteiger partial charge is 0.322 e. The van der Waals surface area contributed by atoms with Crippen LogP contribution in [-0.2, 0) is 6.42 Å². The molecule has 3 aromatic rings. The number of nitrogens with zero attached hydrogens (tertiary/aromatic N) is 1. The Morgan fingerprint density at radius 2 is 1.73 bits per heavy atom. The first-order valence-corrected chi connectivity index (χ1v) is 8.80. The van der Waals surface area contributed by atoms with Gasteiger partial charge in [0.25, 0.3) is 11.8 Å². The van der Waals surface area contributed by atoms with Gasteiger partial charge in [0, 0.05) is 16.9 Å². The number of hydrogen-bond donors (Lipinski definition) is 2. The second-order valence-electron chi connectivity index (χ2n) is 5.47. The SMILES string of the molecule is CCc1ncc(C(=O)Nc2cccc(C(=O)Nc3cccc(F)c3)c2)s1. The number of aromatic nitrogens is 1. The molecule has 3 rings (SSSR count). The van der Waals surface area contributed by atoms with Crippen molar-refractivity contribution < 1.29 is 14.0 Å². The number of nitrogens with one attached hydrogen (secondary N) is 2. The standard InChI is InChI=1S/C19H16FN3O2S/c1-2-17-21-11-16(26-17)19(25)23-14-7-3-5-12(9-14)18(24)22-15-8-4-6-13(20)10-15/h3-11H,2H2,1H3,(H,22,24)(H,23,25). The van der Waals surface area contributed by atoms with Gasteiger partial charge in [-0.1, -0.05) is 19.1 Å². The predicted molar refractivity (Wildman–Crippen MR) is 100 cm³/mol. The maximum absolute atomic E-state index is 13.2. The van der Waals surface area contributed by atoms with Gasteiger partial charge in [0.2, 0.25) is 0 Å². The van der Waals surface area contributed by atoms with E-state index in [1.54, 1.807) is 36.5 Å². The van der Waals surface area contributed by atoms with E-state index in [2.05, 4.69) is 15.6 Å². The Balaban J connectivity index is 1.71. The molecular weight excluding hydrogens is 353 g/mol. The van der Waals surface area contributed by atoms with Crippen molar-refractivity contribution in [2.75, 3.05) is 10.6 Å². The second kappa shape index (κ2) is 7.88. The van der Waals surface area contributed by atoms with Gasteiger partial charge in [-0.2, -0.15) is 0 Å². The molecule has 1 heterocycles. The van der Waals surface area contributed by atoms with Gasteiger partial charge in [-0.25, -0.2) is 9.37 Å². The Labute approximate surface area is 153 Å². The van der Waals surface area contributed by atoms with Crippen LogP contribution in [-0.4, -0.2) is 16.8 Å². The topological polar surface area (TPSA) is 71.1 Å². The van der Waals surface area contributed by atoms with Crippen molar-refractivity contribution in [1.82, 2.24) is 4.98 Å². The molecular formula is C19H16FN3O2S. The summed E-state index contributed by atoms with van der Waals surface area (Å²) in [5.74, 6) is -1.09. The Bertz CT molecular complexity index is 955. The number of hydrogen-bond acceptors (Lipinski definition) is 4. The number of aryl methyl sites for hydroxylation is 1. The molecule has 2 aromatic carbocycles. The molecule has 0 bridgehead atoms. The first-order chi connectivity index (χ1) is 12.5. The van der Waals surface area contributed by atoms with Gasteiger partial charge in [0.1, 0.15) is 10.7 Å². The molecule has 132 valence electrons. The molecule has 7 heteroatoms. The van der Waals surface area contributed by atoms with Crippen LogP contribution in [0.3, 0.4) is 0 Å². The van der Waals surface area contributed by atoms with Gasteiger partial charge in [-0.05, 0) is 42.8 Å². The smallest absolute Gasteiger partial charge is 0.267 e. The predicted octanol–water partition coefficient (Wildman–Crippen LogP) is 4.35. The molecule has 0 saturated heterocycles. The molecule has 0 aliphatic carbocycles. The zero-order chi connectivity index (χ0) is 18.5. The molecule has 2 N–H and O–H groups in total. The Morgan fingerprint density at radius 1 is 1.04 bits per heavy atom. The van der Waals surface area contributed by atoms with E-state index in [-0.39, 0.29) is 5.91 Å². The third kappa shape index (κ3) is 4.31. The highest BCUT2D eigenvalue weighted by Gasteiger charge is 2.12. The first kappa shape index (κ1) is 17.8. The van der Waals surface area contributed by atoms with Crippen molar-refractivity contribution in [1.29, 1.82) is 0 Å². The Morgan fingerprint density at radius 3 is 2.42 bits per heavy atom. The van der Waals surface area contributed by atoms with Crippen LogP contribution in [0, 0.1) is 5.82 Å². The number of anilines is 2. The summed E-state index contributed by atoms with van der Waals surface area (Å²) in [5, 5.41) is 6.27. The lowest BCUT2D eigenvalue weighted by molar-refractivity contribution is 0.101. The van der Waals surface area contributed by atoms with Crippen molar-refractivity contribution in [3.63, 3.8) is 0 Å². The zero-order valence-corrected chi connectivity index (χ0v) is 14.8. The van der Waals surface area contributed by atoms with E-state index < -0.39 is 11.7 Å². The number of amides is 2. The van der Waals surface area contributed by atoms with E-state index in [1.165, 1.54) is 29.5 Å². The van der Waals surface area contributed by atoms with Crippen LogP contribution >= 0.6 is 11.3 Å². The Kier molecular flexibility index (Phi) is 5.38. The number of rotatable bonds is 5. The fourth-order valence-electron chi connectivity index (χ4n) is 2.28. The molecule has 26 heavy (non-hydrogen) atoms. The number of benzene rings is 2. The number of thiazole rings is 1. The van der Waals surface area contributed by atoms with E-state index >= 15 is 0 Å². The van der Waals surface area contributed by atoms with Crippen LogP contribution in [0.4, 0.5) is 15.8 Å². The molecule has 5 nitrogen and oxygen atoms in total. The molecule has 0 unspecified atom stereocenters. The fraction of sp³-hybridized carbons (Fsp3) is 0.105. The molecule has 0 fully saturated rings. The maximum atomic E-state index is 13.2. The average Bonchev–Trinajstić information content (AvgIpc) is 3.11. The zero-order valence-electron chi connectivity index (χ0n) is 14.0. The summed E-state index contributed by atoms with van der Waals surface area (Å²) in [6, 6.07) is 12.2. The van der Waals surface area contributed by atoms with Gasteiger partial charge < -0.3 is 10.6 Å². The van der Waals surface area contributed by atoms with Crippen molar-refractivity contribution in [2.24, 2.45) is 0 Å². The molecule has 0 radical (unpaired) electrons. The lowest BCUT2D eigenvalue weighted by Gasteiger charge is -2.08. The average molecular weight is 369 g/mol. The van der Waals surface area contributed by atoms with Crippen LogP contribution in [0.5, 0.6) is 0 Å². The molecule has 0 atom stereocenters. The minimum absolute atomic E-state index is 0.273. The summed E-state index contributed by atoms with van der Waals surface area (Å²) < 4.78 is 13.2. The lowest BCUT2D eigenvalue weighted by atomic mass is 10.1. The molecule has 0 aliphatic heterocycles. The van der Waals surface area contributed by atoms with Crippen molar-refractivity contribution >= 4 is 34.5 Å². The summed E-state index contributed by atoms with van der Waals surface area (Å²) >= 11 is 1.34. The van der Waals surface area contributed by atoms with E-state index in [0.29, 0.717) is 21.8 Å². The van der Waals surface area contributed by atoms with Crippen molar-refractivity contribution in [3.8, 4) is 0 Å². The normalized spacial score (nSPS) is 10.4. The summed E-state index contributed by atoms with van der Waals surface area (Å²) in [6.45, 7) is 1.97. The quantitative estimate of drug-likeness (QED) is 0.702. The van der Waals surface area contributed by atoms with Gasteiger partial charge in [-0.15, -0.1) is 11.3 Å². The van der Waals surface area contributed by atoms with Crippen LogP contribution in [0.15, 0.2) is 54.7 Å². The van der Waals surface area contributed by atoms with Crippen LogP contribution in [0.2, 0.25) is 0 Å². The maximum Gasteiger partial charge on any atom is 0.267 e. The summed E-state index contributed by atoms with van der Waals surface area (Å²) in [5.41, 5.74) is 1.21. The van der Waals surface area contributed by atoms with Gasteiger partial charge in [0.05, 0.1) is 11.2 Å². The molecule has 2 amide bonds. The van der Waals surface area contributed by atoms with Crippen LogP contribution in [0.25, 0.3) is 0 Å². The first-order valence-electron chi connectivity index (χ1n) is 7.98. The van der Waals surface area contributed by atoms with E-state index in [9.17, 15) is 14.0 Å². The summed E-state index contributed by atoms with van der Waals surface area (Å²) in [4.78, 5) is 29.3. The van der Waals surface area contributed by atoms with E-state index in [1.807, 2.05) is 6.92 Å². The minimum Gasteiger partial charge on any atom is -0.322 e. The third-order valence-electron chi connectivity index (χ3n) is 3.54. The number of halogens is 1. The van der Waals surface area contributed by atoms with Crippen molar-refractivity contribution in [3.05, 3.63) is 76.0 Å². The highest BCUT2D eigenvalue weighted by atomic mass is 32.1. The highest BCUT2D eigenvalue weighted by Crippen LogP contribution is 2.18. The molecule has 0 saturated carbocycles. The minimum atomic E-state index is -0.431. The molecule has 0 aliphatic rings. The van der Waals surface area contributed by atoms with Crippen LogP contribution in [0.1, 0.15) is 32.0 Å². The fourth-order valence-corrected chi connectivity index (χ4v) is 3.03.